The second-order valence-electron chi connectivity index (χ2n) is 11.4. The molecule has 0 bridgehead atoms. The van der Waals surface area contributed by atoms with Crippen LogP contribution in [0.3, 0.4) is 0 Å². The minimum absolute atomic E-state index is 0.0789. The summed E-state index contributed by atoms with van der Waals surface area (Å²) in [7, 11) is 2.86. The molecular formula is C26H32N2O9. The smallest absolute Gasteiger partial charge is 0.255 e. The number of rotatable bonds is 2. The van der Waals surface area contributed by atoms with E-state index in [4.69, 9.17) is 5.73 Å². The van der Waals surface area contributed by atoms with Gasteiger partial charge in [-0.3, -0.25) is 19.3 Å². The van der Waals surface area contributed by atoms with Crippen LogP contribution in [0.1, 0.15) is 50.3 Å². The third-order valence-corrected chi connectivity index (χ3v) is 8.01. The fourth-order valence-corrected chi connectivity index (χ4v) is 6.31. The molecule has 0 heterocycles. The number of benzene rings is 1. The molecule has 0 aromatic heterocycles. The molecule has 1 aromatic rings. The number of Topliss-reactive ketones (excluding diaryl/α,β-unsaturated/α-hetero) is 2. The number of phenolic OH excluding ortho intramolecular Hbond substituents is 2. The van der Waals surface area contributed by atoms with Crippen molar-refractivity contribution in [2.45, 2.75) is 56.8 Å². The van der Waals surface area contributed by atoms with Crippen molar-refractivity contribution in [3.8, 4) is 11.5 Å². The number of hydrogen-bond donors (Lipinski definition) is 7. The van der Waals surface area contributed by atoms with E-state index in [1.54, 1.807) is 27.7 Å². The zero-order chi connectivity index (χ0) is 28.1. The molecule has 37 heavy (non-hydrogen) atoms. The summed E-state index contributed by atoms with van der Waals surface area (Å²) in [5, 5.41) is 67.6. The number of ketones is 2. The maximum absolute atomic E-state index is 14.0. The second-order valence-corrected chi connectivity index (χ2v) is 11.4. The van der Waals surface area contributed by atoms with Crippen molar-refractivity contribution in [2.24, 2.45) is 17.6 Å². The fraction of sp³-hybridized carbons (Fsp3) is 0.500. The third-order valence-electron chi connectivity index (χ3n) is 8.01. The standard InChI is InChI=1S/C26H32N2O9/c1-8-11-10(29)7-9(25(2,3)4)18(30)13(11)19(31)14-12(8)20(32)16-17(28(5)6)21(33)15(24(27)36)23(35)26(16,37)22(14)34/h7-8,12,16-17,20,29-32,35,37H,1-6H3,(H2,27,36). The third kappa shape index (κ3) is 3.27. The van der Waals surface area contributed by atoms with Crippen molar-refractivity contribution < 1.29 is 45.0 Å². The Morgan fingerprint density at radius 3 is 2.16 bits per heavy atom. The Balaban J connectivity index is 2.10. The van der Waals surface area contributed by atoms with Gasteiger partial charge in [0.15, 0.2) is 11.4 Å². The largest absolute Gasteiger partial charge is 0.508 e. The first kappa shape index (κ1) is 26.6. The molecule has 6 unspecified atom stereocenters. The van der Waals surface area contributed by atoms with Gasteiger partial charge in [-0.25, -0.2) is 0 Å². The molecule has 1 saturated carbocycles. The molecule has 200 valence electrons. The number of carbonyl (C=O) groups is 3. The van der Waals surface area contributed by atoms with Gasteiger partial charge in [-0.15, -0.1) is 0 Å². The van der Waals surface area contributed by atoms with Crippen LogP contribution >= 0.6 is 0 Å². The first-order valence-electron chi connectivity index (χ1n) is 11.8. The lowest BCUT2D eigenvalue weighted by atomic mass is 9.54. The number of aromatic hydroxyl groups is 2. The second kappa shape index (κ2) is 8.04. The molecule has 1 amide bonds. The summed E-state index contributed by atoms with van der Waals surface area (Å²) < 4.78 is 0. The van der Waals surface area contributed by atoms with Gasteiger partial charge in [0.2, 0.25) is 5.78 Å². The van der Waals surface area contributed by atoms with Gasteiger partial charge in [0.1, 0.15) is 28.6 Å². The minimum Gasteiger partial charge on any atom is -0.508 e. The van der Waals surface area contributed by atoms with Crippen LogP contribution in [0, 0.1) is 11.8 Å². The van der Waals surface area contributed by atoms with Gasteiger partial charge < -0.3 is 36.4 Å². The summed E-state index contributed by atoms with van der Waals surface area (Å²) >= 11 is 0. The van der Waals surface area contributed by atoms with E-state index < -0.39 is 86.8 Å². The number of hydrogen-bond acceptors (Lipinski definition) is 10. The quantitative estimate of drug-likeness (QED) is 0.214. The predicted octanol–water partition coefficient (Wildman–Crippen LogP) is 0.499. The molecule has 8 N–H and O–H groups in total. The number of fused-ring (bicyclic) bond motifs is 3. The van der Waals surface area contributed by atoms with Crippen molar-refractivity contribution in [3.63, 3.8) is 0 Å². The van der Waals surface area contributed by atoms with Gasteiger partial charge in [-0.2, -0.15) is 0 Å². The summed E-state index contributed by atoms with van der Waals surface area (Å²) in [6.45, 7) is 6.87. The topological polar surface area (TPSA) is 202 Å². The number of primary amides is 1. The van der Waals surface area contributed by atoms with Crippen molar-refractivity contribution in [3.05, 3.63) is 39.7 Å². The number of aliphatic hydroxyl groups is 4. The molecule has 1 fully saturated rings. The van der Waals surface area contributed by atoms with Crippen LogP contribution in [0.5, 0.6) is 11.5 Å². The first-order valence-corrected chi connectivity index (χ1v) is 11.8. The van der Waals surface area contributed by atoms with E-state index in [1.165, 1.54) is 25.1 Å². The molecule has 1 aromatic carbocycles. The normalized spacial score (nSPS) is 31.9. The lowest BCUT2D eigenvalue weighted by Gasteiger charge is -2.53. The van der Waals surface area contributed by atoms with Crippen molar-refractivity contribution >= 4 is 23.2 Å². The number of carbonyl (C=O) groups excluding carboxylic acids is 3. The molecule has 11 heteroatoms. The Kier molecular flexibility index (Phi) is 5.79. The lowest BCUT2D eigenvalue weighted by Crippen LogP contribution is -2.70. The highest BCUT2D eigenvalue weighted by atomic mass is 16.4. The zero-order valence-electron chi connectivity index (χ0n) is 21.4. The SMILES string of the molecule is CC1c2c(O)cc(C(C)(C)C)c(O)c2C(O)=C2C(=O)C3(O)C(O)=C(C(N)=O)C(=O)C(N(C)C)C3C(O)C21. The van der Waals surface area contributed by atoms with Crippen LogP contribution in [0.15, 0.2) is 23.0 Å². The highest BCUT2D eigenvalue weighted by Crippen LogP contribution is 2.58. The monoisotopic (exact) mass is 516 g/mol. The molecule has 6 atom stereocenters. The van der Waals surface area contributed by atoms with Crippen molar-refractivity contribution in [2.75, 3.05) is 14.1 Å². The average Bonchev–Trinajstić information content (AvgIpc) is 2.76. The number of nitrogens with zero attached hydrogens (tertiary/aromatic N) is 1. The molecule has 3 aliphatic carbocycles. The summed E-state index contributed by atoms with van der Waals surface area (Å²) in [5.41, 5.74) is 0.281. The van der Waals surface area contributed by atoms with E-state index in [1.807, 2.05) is 0 Å². The molecule has 3 aliphatic rings. The van der Waals surface area contributed by atoms with Crippen LogP contribution in [-0.2, 0) is 19.8 Å². The van der Waals surface area contributed by atoms with Crippen molar-refractivity contribution in [1.29, 1.82) is 0 Å². The summed E-state index contributed by atoms with van der Waals surface area (Å²) in [4.78, 5) is 40.5. The van der Waals surface area contributed by atoms with E-state index in [0.29, 0.717) is 0 Å². The first-order chi connectivity index (χ1) is 16.9. The molecule has 4 rings (SSSR count). The Hall–Kier alpha value is -3.41. The molecule has 0 radical (unpaired) electrons. The molecule has 0 saturated heterocycles. The van der Waals surface area contributed by atoms with E-state index >= 15 is 0 Å². The zero-order valence-corrected chi connectivity index (χ0v) is 21.4. The van der Waals surface area contributed by atoms with Gasteiger partial charge in [-0.05, 0) is 31.5 Å². The van der Waals surface area contributed by atoms with Crippen LogP contribution in [-0.4, -0.2) is 84.9 Å². The van der Waals surface area contributed by atoms with Crippen molar-refractivity contribution in [1.82, 2.24) is 4.90 Å². The van der Waals surface area contributed by atoms with Gasteiger partial charge in [0.25, 0.3) is 5.91 Å². The maximum atomic E-state index is 14.0. The van der Waals surface area contributed by atoms with Gasteiger partial charge in [0, 0.05) is 22.6 Å². The molecule has 0 aliphatic heterocycles. The highest BCUT2D eigenvalue weighted by Gasteiger charge is 2.68. The Bertz CT molecular complexity index is 1320. The number of amides is 1. The van der Waals surface area contributed by atoms with Gasteiger partial charge in [0.05, 0.1) is 23.6 Å². The van der Waals surface area contributed by atoms with Crippen LogP contribution in [0.4, 0.5) is 0 Å². The Morgan fingerprint density at radius 2 is 1.68 bits per heavy atom. The molecule has 11 nitrogen and oxygen atoms in total. The maximum Gasteiger partial charge on any atom is 0.255 e. The highest BCUT2D eigenvalue weighted by molar-refractivity contribution is 6.24. The van der Waals surface area contributed by atoms with Crippen LogP contribution in [0.25, 0.3) is 5.76 Å². The lowest BCUT2D eigenvalue weighted by molar-refractivity contribution is -0.169. The Morgan fingerprint density at radius 1 is 1.11 bits per heavy atom. The predicted molar refractivity (Wildman–Crippen MR) is 131 cm³/mol. The number of likely N-dealkylation sites (N-methyl/N-ethyl adjacent to an activating group) is 1. The summed E-state index contributed by atoms with van der Waals surface area (Å²) in [6, 6.07) is -0.0820. The minimum atomic E-state index is -2.98. The fourth-order valence-electron chi connectivity index (χ4n) is 6.31. The van der Waals surface area contributed by atoms with E-state index in [0.717, 1.165) is 0 Å². The number of nitrogens with two attached hydrogens (primary N) is 1. The van der Waals surface area contributed by atoms with Gasteiger partial charge in [-0.1, -0.05) is 27.7 Å². The number of aliphatic hydroxyl groups excluding tert-OH is 3. The number of phenols is 2. The van der Waals surface area contributed by atoms with E-state index in [9.17, 15) is 45.0 Å². The van der Waals surface area contributed by atoms with E-state index in [2.05, 4.69) is 0 Å². The molecular weight excluding hydrogens is 484 g/mol. The van der Waals surface area contributed by atoms with E-state index in [-0.39, 0.29) is 22.4 Å². The molecule has 0 spiro atoms. The van der Waals surface area contributed by atoms with Crippen LogP contribution < -0.4 is 5.73 Å². The van der Waals surface area contributed by atoms with Crippen LogP contribution in [0.2, 0.25) is 0 Å². The van der Waals surface area contributed by atoms with Gasteiger partial charge >= 0.3 is 0 Å². The summed E-state index contributed by atoms with van der Waals surface area (Å²) in [5.74, 6) is -10.1. The summed E-state index contributed by atoms with van der Waals surface area (Å²) in [6.07, 6.45) is -1.72. The Labute approximate surface area is 213 Å². The average molecular weight is 517 g/mol.